The van der Waals surface area contributed by atoms with Crippen molar-refractivity contribution in [1.29, 1.82) is 0 Å². The molecule has 0 amide bonds. The molecule has 2 rings (SSSR count). The fourth-order valence-electron chi connectivity index (χ4n) is 1.81. The normalized spacial score (nSPS) is 35.0. The molecule has 0 bridgehead atoms. The van der Waals surface area contributed by atoms with Crippen molar-refractivity contribution < 1.29 is 22.6 Å². The summed E-state index contributed by atoms with van der Waals surface area (Å²) in [6.45, 7) is 0. The minimum absolute atomic E-state index is 0.0972. The molecule has 1 fully saturated rings. The van der Waals surface area contributed by atoms with E-state index < -0.39 is 19.9 Å². The van der Waals surface area contributed by atoms with Crippen LogP contribution in [0.4, 0.5) is 0 Å². The van der Waals surface area contributed by atoms with E-state index in [2.05, 4.69) is 0 Å². The summed E-state index contributed by atoms with van der Waals surface area (Å²) in [7, 11) is -0.208. The zero-order chi connectivity index (χ0) is 14.4. The minimum atomic E-state index is -4.21. The quantitative estimate of drug-likeness (QED) is 0.694. The molecular formula is C9H11Cl4O5P. The van der Waals surface area contributed by atoms with Crippen molar-refractivity contribution in [2.75, 3.05) is 21.3 Å². The molecule has 0 spiro atoms. The van der Waals surface area contributed by atoms with Crippen molar-refractivity contribution in [3.8, 4) is 0 Å². The molecule has 1 heterocycles. The number of allylic oxidation sites excluding steroid dienone is 2. The molecule has 110 valence electrons. The van der Waals surface area contributed by atoms with E-state index in [0.29, 0.717) is 0 Å². The van der Waals surface area contributed by atoms with Gasteiger partial charge in [-0.15, -0.1) is 0 Å². The second-order valence-corrected chi connectivity index (χ2v) is 8.25. The van der Waals surface area contributed by atoms with Crippen LogP contribution in [0.1, 0.15) is 0 Å². The molecular weight excluding hydrogens is 361 g/mol. The van der Waals surface area contributed by atoms with Crippen molar-refractivity contribution in [3.63, 3.8) is 0 Å². The van der Waals surface area contributed by atoms with Gasteiger partial charge in [0, 0.05) is 0 Å². The Morgan fingerprint density at radius 3 is 1.37 bits per heavy atom. The van der Waals surface area contributed by atoms with Crippen LogP contribution in [0.25, 0.3) is 0 Å². The Kier molecular flexibility index (Phi) is 4.49. The molecule has 2 aliphatic rings. The molecule has 2 unspecified atom stereocenters. The zero-order valence-electron chi connectivity index (χ0n) is 10.2. The molecule has 0 saturated carbocycles. The summed E-state index contributed by atoms with van der Waals surface area (Å²) in [5.41, 5.74) is 0. The van der Waals surface area contributed by atoms with Gasteiger partial charge in [0.2, 0.25) is 0 Å². The number of rotatable bonds is 3. The van der Waals surface area contributed by atoms with Gasteiger partial charge in [-0.25, -0.2) is 0 Å². The Balaban J connectivity index is 2.52. The van der Waals surface area contributed by atoms with Crippen LogP contribution < -0.4 is 0 Å². The average molecular weight is 372 g/mol. The van der Waals surface area contributed by atoms with E-state index in [0.717, 1.165) is 0 Å². The third-order valence-electron chi connectivity index (χ3n) is 2.85. The standard InChI is InChI=1S/C9H11Cl4O5P/c1-14-19(15-2,16-3)17-8-6(12)4(10)5(11)7(13)9(8)18-19/h8-9H,1-3H3. The van der Waals surface area contributed by atoms with Gasteiger partial charge in [0.1, 0.15) is 0 Å². The van der Waals surface area contributed by atoms with E-state index in [-0.39, 0.29) is 20.1 Å². The topological polar surface area (TPSA) is 46.2 Å². The molecule has 10 heteroatoms. The van der Waals surface area contributed by atoms with Crippen molar-refractivity contribution >= 4 is 54.1 Å². The van der Waals surface area contributed by atoms with E-state index >= 15 is 0 Å². The summed E-state index contributed by atoms with van der Waals surface area (Å²) in [6.07, 6.45) is -1.61. The predicted octanol–water partition coefficient (Wildman–Crippen LogP) is 4.23. The Labute approximate surface area is 130 Å². The van der Waals surface area contributed by atoms with Crippen LogP contribution >= 0.6 is 54.1 Å². The summed E-state index contributed by atoms with van der Waals surface area (Å²) in [5, 5.41) is 0.498. The molecule has 5 nitrogen and oxygen atoms in total. The fourth-order valence-corrected chi connectivity index (χ4v) is 5.14. The summed E-state index contributed by atoms with van der Waals surface area (Å²) in [4.78, 5) is 0. The van der Waals surface area contributed by atoms with E-state index in [1.165, 1.54) is 21.3 Å². The molecule has 0 aromatic heterocycles. The van der Waals surface area contributed by atoms with Crippen molar-refractivity contribution in [2.24, 2.45) is 0 Å². The number of halogens is 4. The molecule has 0 radical (unpaired) electrons. The molecule has 1 aliphatic carbocycles. The molecule has 1 aliphatic heterocycles. The second kappa shape index (κ2) is 5.25. The maximum absolute atomic E-state index is 6.11. The SMILES string of the molecule is COP1(OC)(OC)OC2C(Cl)=C(Cl)C(Cl)=C(Cl)C2O1. The number of fused-ring (bicyclic) bond motifs is 1. The Morgan fingerprint density at radius 1 is 0.789 bits per heavy atom. The first kappa shape index (κ1) is 16.2. The summed E-state index contributed by atoms with van der Waals surface area (Å²) in [5.74, 6) is 0. The van der Waals surface area contributed by atoms with Crippen LogP contribution in [0.3, 0.4) is 0 Å². The first-order chi connectivity index (χ1) is 8.83. The van der Waals surface area contributed by atoms with Crippen LogP contribution in [-0.4, -0.2) is 33.5 Å². The third-order valence-corrected chi connectivity index (χ3v) is 7.67. The van der Waals surface area contributed by atoms with Gasteiger partial charge < -0.3 is 0 Å². The Hall–Kier alpha value is 0.870. The van der Waals surface area contributed by atoms with Crippen molar-refractivity contribution in [3.05, 3.63) is 20.1 Å². The van der Waals surface area contributed by atoms with Gasteiger partial charge in [0.15, 0.2) is 0 Å². The van der Waals surface area contributed by atoms with Gasteiger partial charge in [-0.2, -0.15) is 0 Å². The van der Waals surface area contributed by atoms with E-state index in [4.69, 9.17) is 69.0 Å². The molecule has 1 saturated heterocycles. The van der Waals surface area contributed by atoms with Crippen LogP contribution in [0.15, 0.2) is 20.1 Å². The van der Waals surface area contributed by atoms with E-state index in [1.807, 2.05) is 0 Å². The van der Waals surface area contributed by atoms with E-state index in [1.54, 1.807) is 0 Å². The predicted molar refractivity (Wildman–Crippen MR) is 75.2 cm³/mol. The molecule has 0 aromatic carbocycles. The first-order valence-corrected chi connectivity index (χ1v) is 8.36. The first-order valence-electron chi connectivity index (χ1n) is 5.03. The number of hydrogen-bond donors (Lipinski definition) is 0. The molecule has 19 heavy (non-hydrogen) atoms. The van der Waals surface area contributed by atoms with Gasteiger partial charge in [-0.1, -0.05) is 0 Å². The summed E-state index contributed by atoms with van der Waals surface area (Å²) in [6, 6.07) is 0. The summed E-state index contributed by atoms with van der Waals surface area (Å²) >= 11 is 24.2. The van der Waals surface area contributed by atoms with Crippen LogP contribution in [0.2, 0.25) is 0 Å². The maximum atomic E-state index is 6.11. The van der Waals surface area contributed by atoms with E-state index in [9.17, 15) is 0 Å². The van der Waals surface area contributed by atoms with Gasteiger partial charge >= 0.3 is 130 Å². The van der Waals surface area contributed by atoms with Crippen LogP contribution in [-0.2, 0) is 22.6 Å². The van der Waals surface area contributed by atoms with Gasteiger partial charge in [-0.05, 0) is 0 Å². The summed E-state index contributed by atoms with van der Waals surface area (Å²) < 4.78 is 27.1. The molecule has 0 aromatic rings. The third kappa shape index (κ3) is 2.25. The van der Waals surface area contributed by atoms with Gasteiger partial charge in [0.25, 0.3) is 0 Å². The molecule has 0 N–H and O–H groups in total. The van der Waals surface area contributed by atoms with Crippen molar-refractivity contribution in [1.82, 2.24) is 0 Å². The van der Waals surface area contributed by atoms with Crippen LogP contribution in [0.5, 0.6) is 0 Å². The van der Waals surface area contributed by atoms with Gasteiger partial charge in [-0.3, -0.25) is 0 Å². The van der Waals surface area contributed by atoms with Crippen LogP contribution in [0, 0.1) is 0 Å². The van der Waals surface area contributed by atoms with Gasteiger partial charge in [0.05, 0.1) is 0 Å². The van der Waals surface area contributed by atoms with Crippen molar-refractivity contribution in [2.45, 2.75) is 12.2 Å². The average Bonchev–Trinajstić information content (AvgIpc) is 2.81. The monoisotopic (exact) mass is 370 g/mol. The second-order valence-electron chi connectivity index (χ2n) is 3.67. The molecule has 2 atom stereocenters. The number of hydrogen-bond acceptors (Lipinski definition) is 5. The zero-order valence-corrected chi connectivity index (χ0v) is 14.1. The Bertz CT molecular complexity index is 428. The fraction of sp³-hybridized carbons (Fsp3) is 0.556. The Morgan fingerprint density at radius 2 is 1.11 bits per heavy atom.